The van der Waals surface area contributed by atoms with Crippen LogP contribution < -0.4 is 15.4 Å². The molecule has 0 atom stereocenters. The van der Waals surface area contributed by atoms with Gasteiger partial charge in [0.2, 0.25) is 5.91 Å². The monoisotopic (exact) mass is 271 g/mol. The molecule has 1 aromatic carbocycles. The number of methoxy groups -OCH3 is 1. The molecule has 1 aromatic heterocycles. The van der Waals surface area contributed by atoms with E-state index in [2.05, 4.69) is 15.6 Å². The van der Waals surface area contributed by atoms with Crippen LogP contribution in [0.3, 0.4) is 0 Å². The SMILES string of the molecule is COc1ccc(NC(C)=O)cc1NCc1ccncc1. The average Bonchev–Trinajstić information content (AvgIpc) is 2.46. The van der Waals surface area contributed by atoms with Crippen LogP contribution in [0.5, 0.6) is 5.75 Å². The third-order valence-electron chi connectivity index (χ3n) is 2.75. The van der Waals surface area contributed by atoms with Crippen molar-refractivity contribution in [3.05, 3.63) is 48.3 Å². The fraction of sp³-hybridized carbons (Fsp3) is 0.200. The highest BCUT2D eigenvalue weighted by Crippen LogP contribution is 2.28. The number of nitrogens with zero attached hydrogens (tertiary/aromatic N) is 1. The number of carbonyl (C=O) groups is 1. The van der Waals surface area contributed by atoms with E-state index >= 15 is 0 Å². The van der Waals surface area contributed by atoms with Gasteiger partial charge in [0.05, 0.1) is 12.8 Å². The predicted octanol–water partition coefficient (Wildman–Crippen LogP) is 2.66. The van der Waals surface area contributed by atoms with Crippen LogP contribution in [0.25, 0.3) is 0 Å². The summed E-state index contributed by atoms with van der Waals surface area (Å²) >= 11 is 0. The Bertz CT molecular complexity index is 585. The number of rotatable bonds is 5. The molecule has 0 radical (unpaired) electrons. The molecular formula is C15H17N3O2. The van der Waals surface area contributed by atoms with Gasteiger partial charge in [-0.05, 0) is 35.9 Å². The smallest absolute Gasteiger partial charge is 0.221 e. The first-order chi connectivity index (χ1) is 9.69. The highest BCUT2D eigenvalue weighted by atomic mass is 16.5. The summed E-state index contributed by atoms with van der Waals surface area (Å²) in [6.07, 6.45) is 3.50. The third-order valence-corrected chi connectivity index (χ3v) is 2.75. The standard InChI is InChI=1S/C15H17N3O2/c1-11(19)18-13-3-4-15(20-2)14(9-13)17-10-12-5-7-16-8-6-12/h3-9,17H,10H2,1-2H3,(H,18,19). The molecule has 0 bridgehead atoms. The normalized spacial score (nSPS) is 9.90. The first-order valence-electron chi connectivity index (χ1n) is 6.27. The topological polar surface area (TPSA) is 63.2 Å². The van der Waals surface area contributed by atoms with Gasteiger partial charge in [-0.25, -0.2) is 0 Å². The fourth-order valence-electron chi connectivity index (χ4n) is 1.83. The maximum atomic E-state index is 11.1. The van der Waals surface area contributed by atoms with Gasteiger partial charge < -0.3 is 15.4 Å². The van der Waals surface area contributed by atoms with Crippen LogP contribution in [0.2, 0.25) is 0 Å². The van der Waals surface area contributed by atoms with Crippen LogP contribution in [-0.2, 0) is 11.3 Å². The molecule has 0 aliphatic heterocycles. The van der Waals surface area contributed by atoms with Gasteiger partial charge in [-0.15, -0.1) is 0 Å². The summed E-state index contributed by atoms with van der Waals surface area (Å²) in [6, 6.07) is 9.35. The number of aromatic nitrogens is 1. The maximum Gasteiger partial charge on any atom is 0.221 e. The molecular weight excluding hydrogens is 254 g/mol. The molecule has 5 heteroatoms. The predicted molar refractivity (Wildman–Crippen MR) is 78.9 cm³/mol. The number of benzene rings is 1. The lowest BCUT2D eigenvalue weighted by molar-refractivity contribution is -0.114. The molecule has 0 aliphatic carbocycles. The van der Waals surface area contributed by atoms with Crippen LogP contribution in [0.15, 0.2) is 42.7 Å². The molecule has 0 aliphatic rings. The molecule has 5 nitrogen and oxygen atoms in total. The lowest BCUT2D eigenvalue weighted by Crippen LogP contribution is -2.07. The second-order valence-electron chi connectivity index (χ2n) is 4.31. The molecule has 0 saturated carbocycles. The van der Waals surface area contributed by atoms with Crippen molar-refractivity contribution in [1.29, 1.82) is 0 Å². The summed E-state index contributed by atoms with van der Waals surface area (Å²) in [7, 11) is 1.62. The summed E-state index contributed by atoms with van der Waals surface area (Å²) in [4.78, 5) is 15.1. The Morgan fingerprint density at radius 1 is 1.25 bits per heavy atom. The van der Waals surface area contributed by atoms with E-state index in [1.165, 1.54) is 6.92 Å². The zero-order valence-corrected chi connectivity index (χ0v) is 11.5. The van der Waals surface area contributed by atoms with Crippen molar-refractivity contribution in [2.75, 3.05) is 17.7 Å². The van der Waals surface area contributed by atoms with Gasteiger partial charge in [0.25, 0.3) is 0 Å². The number of hydrogen-bond donors (Lipinski definition) is 2. The van der Waals surface area contributed by atoms with Crippen molar-refractivity contribution in [2.45, 2.75) is 13.5 Å². The summed E-state index contributed by atoms with van der Waals surface area (Å²) in [5, 5.41) is 6.04. The largest absolute Gasteiger partial charge is 0.495 e. The van der Waals surface area contributed by atoms with Gasteiger partial charge in [0, 0.05) is 31.5 Å². The van der Waals surface area contributed by atoms with Gasteiger partial charge in [-0.1, -0.05) is 0 Å². The summed E-state index contributed by atoms with van der Waals surface area (Å²) in [5.41, 5.74) is 2.68. The minimum Gasteiger partial charge on any atom is -0.495 e. The Labute approximate surface area is 118 Å². The second kappa shape index (κ2) is 6.56. The highest BCUT2D eigenvalue weighted by Gasteiger charge is 2.05. The number of anilines is 2. The van der Waals surface area contributed by atoms with E-state index in [0.29, 0.717) is 6.54 Å². The molecule has 1 heterocycles. The first kappa shape index (κ1) is 13.9. The Hall–Kier alpha value is -2.56. The molecule has 0 spiro atoms. The van der Waals surface area contributed by atoms with Crippen molar-refractivity contribution in [1.82, 2.24) is 4.98 Å². The Morgan fingerprint density at radius 3 is 2.65 bits per heavy atom. The van der Waals surface area contributed by atoms with Gasteiger partial charge >= 0.3 is 0 Å². The molecule has 0 unspecified atom stereocenters. The van der Waals surface area contributed by atoms with E-state index in [1.807, 2.05) is 24.3 Å². The van der Waals surface area contributed by atoms with E-state index in [0.717, 1.165) is 22.7 Å². The van der Waals surface area contributed by atoms with Gasteiger partial charge in [0.15, 0.2) is 0 Å². The maximum absolute atomic E-state index is 11.1. The fourth-order valence-corrected chi connectivity index (χ4v) is 1.83. The summed E-state index contributed by atoms with van der Waals surface area (Å²) in [6.45, 7) is 2.14. The Morgan fingerprint density at radius 2 is 2.00 bits per heavy atom. The molecule has 0 saturated heterocycles. The van der Waals surface area contributed by atoms with Crippen molar-refractivity contribution >= 4 is 17.3 Å². The van der Waals surface area contributed by atoms with E-state index in [-0.39, 0.29) is 5.91 Å². The average molecular weight is 271 g/mol. The first-order valence-corrected chi connectivity index (χ1v) is 6.27. The number of amides is 1. The molecule has 2 rings (SSSR count). The molecule has 20 heavy (non-hydrogen) atoms. The number of hydrogen-bond acceptors (Lipinski definition) is 4. The quantitative estimate of drug-likeness (QED) is 0.877. The third kappa shape index (κ3) is 3.71. The van der Waals surface area contributed by atoms with Crippen LogP contribution in [0.4, 0.5) is 11.4 Å². The van der Waals surface area contributed by atoms with Crippen molar-refractivity contribution in [3.63, 3.8) is 0 Å². The Kier molecular flexibility index (Phi) is 4.55. The lowest BCUT2D eigenvalue weighted by Gasteiger charge is -2.13. The second-order valence-corrected chi connectivity index (χ2v) is 4.31. The minimum absolute atomic E-state index is 0.102. The Balaban J connectivity index is 2.13. The zero-order valence-electron chi connectivity index (χ0n) is 11.5. The van der Waals surface area contributed by atoms with E-state index in [4.69, 9.17) is 4.74 Å². The van der Waals surface area contributed by atoms with E-state index in [1.54, 1.807) is 25.6 Å². The summed E-state index contributed by atoms with van der Waals surface area (Å²) < 4.78 is 5.31. The van der Waals surface area contributed by atoms with Crippen LogP contribution >= 0.6 is 0 Å². The van der Waals surface area contributed by atoms with Crippen LogP contribution in [0.1, 0.15) is 12.5 Å². The van der Waals surface area contributed by atoms with Crippen LogP contribution in [-0.4, -0.2) is 18.0 Å². The highest BCUT2D eigenvalue weighted by molar-refractivity contribution is 5.89. The molecule has 2 N–H and O–H groups in total. The van der Waals surface area contributed by atoms with Crippen molar-refractivity contribution in [2.24, 2.45) is 0 Å². The molecule has 1 amide bonds. The minimum atomic E-state index is -0.102. The molecule has 104 valence electrons. The number of nitrogens with one attached hydrogen (secondary N) is 2. The zero-order chi connectivity index (χ0) is 14.4. The lowest BCUT2D eigenvalue weighted by atomic mass is 10.2. The van der Waals surface area contributed by atoms with Gasteiger partial charge in [0.1, 0.15) is 5.75 Å². The summed E-state index contributed by atoms with van der Waals surface area (Å²) in [5.74, 6) is 0.628. The van der Waals surface area contributed by atoms with Crippen molar-refractivity contribution < 1.29 is 9.53 Å². The number of pyridine rings is 1. The molecule has 2 aromatic rings. The number of carbonyl (C=O) groups excluding carboxylic acids is 1. The molecule has 0 fully saturated rings. The number of ether oxygens (including phenoxy) is 1. The van der Waals surface area contributed by atoms with E-state index < -0.39 is 0 Å². The van der Waals surface area contributed by atoms with Crippen LogP contribution in [0, 0.1) is 0 Å². The van der Waals surface area contributed by atoms with Crippen molar-refractivity contribution in [3.8, 4) is 5.75 Å². The van der Waals surface area contributed by atoms with Gasteiger partial charge in [-0.3, -0.25) is 9.78 Å². The van der Waals surface area contributed by atoms with E-state index in [9.17, 15) is 4.79 Å². The van der Waals surface area contributed by atoms with Gasteiger partial charge in [-0.2, -0.15) is 0 Å².